The van der Waals surface area contributed by atoms with Gasteiger partial charge in [-0.3, -0.25) is 0 Å². The lowest BCUT2D eigenvalue weighted by Crippen LogP contribution is -2.14. The molecule has 0 aliphatic heterocycles. The fourth-order valence-corrected chi connectivity index (χ4v) is 2.15. The van der Waals surface area contributed by atoms with Crippen LogP contribution in [-0.4, -0.2) is 6.54 Å². The summed E-state index contributed by atoms with van der Waals surface area (Å²) in [7, 11) is 0. The number of hydrogen-bond donors (Lipinski definition) is 1. The molecule has 0 aromatic heterocycles. The third-order valence-electron chi connectivity index (χ3n) is 3.21. The Morgan fingerprint density at radius 2 is 2.00 bits per heavy atom. The quantitative estimate of drug-likeness (QED) is 0.584. The van der Waals surface area contributed by atoms with Crippen LogP contribution in [0.3, 0.4) is 0 Å². The molecule has 16 heavy (non-hydrogen) atoms. The van der Waals surface area contributed by atoms with Gasteiger partial charge in [0.05, 0.1) is 0 Å². The highest BCUT2D eigenvalue weighted by Gasteiger charge is 2.03. The van der Waals surface area contributed by atoms with Crippen LogP contribution < -0.4 is 5.32 Å². The summed E-state index contributed by atoms with van der Waals surface area (Å²) in [5, 5.41) is 3.51. The van der Waals surface area contributed by atoms with Gasteiger partial charge in [-0.05, 0) is 44.7 Å². The first-order valence-electron chi connectivity index (χ1n) is 6.29. The van der Waals surface area contributed by atoms with E-state index in [0.29, 0.717) is 0 Å². The average Bonchev–Trinajstić information content (AvgIpc) is 2.80. The second-order valence-electron chi connectivity index (χ2n) is 4.67. The summed E-state index contributed by atoms with van der Waals surface area (Å²) in [4.78, 5) is 0. The largest absolute Gasteiger partial charge is 0.312 e. The number of rotatable bonds is 5. The molecule has 0 spiro atoms. The Morgan fingerprint density at radius 1 is 1.19 bits per heavy atom. The van der Waals surface area contributed by atoms with Crippen molar-refractivity contribution in [1.29, 1.82) is 0 Å². The number of nitrogens with one attached hydrogen (secondary N) is 1. The lowest BCUT2D eigenvalue weighted by molar-refractivity contribution is 0.676. The normalized spacial score (nSPS) is 15.2. The first-order valence-corrected chi connectivity index (χ1v) is 6.29. The summed E-state index contributed by atoms with van der Waals surface area (Å²) in [6, 6.07) is 8.77. The predicted octanol–water partition coefficient (Wildman–Crippen LogP) is 3.59. The Morgan fingerprint density at radius 3 is 2.69 bits per heavy atom. The first-order chi connectivity index (χ1) is 7.84. The molecule has 0 saturated heterocycles. The van der Waals surface area contributed by atoms with E-state index < -0.39 is 0 Å². The molecule has 2 rings (SSSR count). The second-order valence-corrected chi connectivity index (χ2v) is 4.67. The molecule has 0 fully saturated rings. The highest BCUT2D eigenvalue weighted by atomic mass is 14.8. The lowest BCUT2D eigenvalue weighted by Gasteiger charge is -2.06. The van der Waals surface area contributed by atoms with Crippen LogP contribution in [0.1, 0.15) is 36.8 Å². The van der Waals surface area contributed by atoms with Gasteiger partial charge in [0.1, 0.15) is 0 Å². The van der Waals surface area contributed by atoms with Crippen LogP contribution in [0.15, 0.2) is 35.9 Å². The summed E-state index contributed by atoms with van der Waals surface area (Å²) >= 11 is 0. The van der Waals surface area contributed by atoms with Gasteiger partial charge in [0.15, 0.2) is 0 Å². The van der Waals surface area contributed by atoms with Crippen molar-refractivity contribution in [2.24, 2.45) is 0 Å². The predicted molar refractivity (Wildman–Crippen MR) is 69.4 cm³/mol. The summed E-state index contributed by atoms with van der Waals surface area (Å²) in [6.45, 7) is 4.23. The average molecular weight is 215 g/mol. The van der Waals surface area contributed by atoms with Crippen molar-refractivity contribution in [2.45, 2.75) is 39.2 Å². The smallest absolute Gasteiger partial charge is 0.0205 e. The van der Waals surface area contributed by atoms with Gasteiger partial charge in [-0.2, -0.15) is 0 Å². The maximum Gasteiger partial charge on any atom is 0.0205 e. The van der Waals surface area contributed by atoms with Crippen LogP contribution in [0.2, 0.25) is 0 Å². The molecule has 1 aromatic carbocycles. The molecule has 1 heteroatoms. The van der Waals surface area contributed by atoms with E-state index in [-0.39, 0.29) is 0 Å². The molecule has 0 saturated carbocycles. The van der Waals surface area contributed by atoms with Crippen molar-refractivity contribution >= 4 is 0 Å². The molecule has 0 atom stereocenters. The Hall–Kier alpha value is -1.08. The van der Waals surface area contributed by atoms with Gasteiger partial charge in [0.2, 0.25) is 0 Å². The Labute approximate surface area is 98.6 Å². The van der Waals surface area contributed by atoms with Gasteiger partial charge in [0.25, 0.3) is 0 Å². The summed E-state index contributed by atoms with van der Waals surface area (Å²) in [5.41, 5.74) is 4.36. The monoisotopic (exact) mass is 215 g/mol. The van der Waals surface area contributed by atoms with Crippen LogP contribution >= 0.6 is 0 Å². The van der Waals surface area contributed by atoms with Crippen molar-refractivity contribution in [3.05, 3.63) is 47.0 Å². The van der Waals surface area contributed by atoms with E-state index in [9.17, 15) is 0 Å². The standard InChI is InChI=1S/C15H21N/c1-13-6-8-15(9-7-13)12-16-11-10-14-4-2-3-5-14/h4,6-9,16H,2-3,5,10-12H2,1H3. The fourth-order valence-electron chi connectivity index (χ4n) is 2.15. The minimum atomic E-state index is 0.994. The van der Waals surface area contributed by atoms with Crippen molar-refractivity contribution in [2.75, 3.05) is 6.54 Å². The molecule has 1 nitrogen and oxygen atoms in total. The van der Waals surface area contributed by atoms with Gasteiger partial charge < -0.3 is 5.32 Å². The van der Waals surface area contributed by atoms with Crippen LogP contribution in [0, 0.1) is 6.92 Å². The highest BCUT2D eigenvalue weighted by Crippen LogP contribution is 2.19. The zero-order chi connectivity index (χ0) is 11.2. The van der Waals surface area contributed by atoms with Crippen molar-refractivity contribution in [3.63, 3.8) is 0 Å². The van der Waals surface area contributed by atoms with Gasteiger partial charge >= 0.3 is 0 Å². The fraction of sp³-hybridized carbons (Fsp3) is 0.467. The molecule has 1 N–H and O–H groups in total. The van der Waals surface area contributed by atoms with Crippen LogP contribution in [0.5, 0.6) is 0 Å². The second kappa shape index (κ2) is 5.86. The van der Waals surface area contributed by atoms with Crippen molar-refractivity contribution < 1.29 is 0 Å². The molecule has 86 valence electrons. The number of allylic oxidation sites excluding steroid dienone is 1. The molecule has 1 aromatic rings. The third-order valence-corrected chi connectivity index (χ3v) is 3.21. The summed E-state index contributed by atoms with van der Waals surface area (Å²) < 4.78 is 0. The Bertz CT molecular complexity index is 348. The Kier molecular flexibility index (Phi) is 4.17. The summed E-state index contributed by atoms with van der Waals surface area (Å²) in [6.07, 6.45) is 7.63. The van der Waals surface area contributed by atoms with Gasteiger partial charge in [-0.1, -0.05) is 41.5 Å². The van der Waals surface area contributed by atoms with E-state index in [1.165, 1.54) is 36.8 Å². The molecule has 0 unspecified atom stereocenters. The number of hydrogen-bond acceptors (Lipinski definition) is 1. The van der Waals surface area contributed by atoms with Gasteiger partial charge in [-0.15, -0.1) is 0 Å². The molecule has 0 radical (unpaired) electrons. The van der Waals surface area contributed by atoms with Crippen LogP contribution in [-0.2, 0) is 6.54 Å². The number of benzene rings is 1. The topological polar surface area (TPSA) is 12.0 Å². The van der Waals surface area contributed by atoms with Crippen molar-refractivity contribution in [1.82, 2.24) is 5.32 Å². The van der Waals surface area contributed by atoms with E-state index >= 15 is 0 Å². The SMILES string of the molecule is Cc1ccc(CNCCC2=CCCC2)cc1. The maximum atomic E-state index is 3.51. The van der Waals surface area contributed by atoms with Crippen LogP contribution in [0.25, 0.3) is 0 Å². The first kappa shape index (κ1) is 11.4. The van der Waals surface area contributed by atoms with Crippen LogP contribution in [0.4, 0.5) is 0 Å². The van der Waals surface area contributed by atoms with E-state index in [1.54, 1.807) is 5.57 Å². The molecule has 0 bridgehead atoms. The zero-order valence-corrected chi connectivity index (χ0v) is 10.1. The minimum Gasteiger partial charge on any atom is -0.312 e. The van der Waals surface area contributed by atoms with Crippen molar-refractivity contribution in [3.8, 4) is 0 Å². The van der Waals surface area contributed by atoms with E-state index in [1.807, 2.05) is 0 Å². The highest BCUT2D eigenvalue weighted by molar-refractivity contribution is 5.21. The third kappa shape index (κ3) is 3.49. The van der Waals surface area contributed by atoms with E-state index in [2.05, 4.69) is 42.6 Å². The van der Waals surface area contributed by atoms with E-state index in [4.69, 9.17) is 0 Å². The molecule has 0 amide bonds. The van der Waals surface area contributed by atoms with E-state index in [0.717, 1.165) is 13.1 Å². The maximum absolute atomic E-state index is 3.51. The molecular formula is C15H21N. The Balaban J connectivity index is 1.66. The van der Waals surface area contributed by atoms with Gasteiger partial charge in [-0.25, -0.2) is 0 Å². The molecule has 1 aliphatic rings. The minimum absolute atomic E-state index is 0.994. The number of aryl methyl sites for hydroxylation is 1. The summed E-state index contributed by atoms with van der Waals surface area (Å²) in [5.74, 6) is 0. The molecule has 0 heterocycles. The zero-order valence-electron chi connectivity index (χ0n) is 10.1. The molecular weight excluding hydrogens is 194 g/mol. The molecule has 1 aliphatic carbocycles. The lowest BCUT2D eigenvalue weighted by atomic mass is 10.1. The van der Waals surface area contributed by atoms with Gasteiger partial charge in [0, 0.05) is 6.54 Å².